The van der Waals surface area contributed by atoms with Gasteiger partial charge in [-0.15, -0.1) is 11.8 Å². The Balaban J connectivity index is 2.79. The van der Waals surface area contributed by atoms with E-state index >= 15 is 0 Å². The van der Waals surface area contributed by atoms with Crippen molar-refractivity contribution < 1.29 is 19.4 Å². The van der Waals surface area contributed by atoms with E-state index in [4.69, 9.17) is 9.47 Å². The molecule has 6 heteroatoms. The zero-order chi connectivity index (χ0) is 20.7. The fourth-order valence-corrected chi connectivity index (χ4v) is 4.01. The summed E-state index contributed by atoms with van der Waals surface area (Å²) >= 11 is 1.69. The Kier molecular flexibility index (Phi) is 9.39. The van der Waals surface area contributed by atoms with Crippen LogP contribution in [0.15, 0.2) is 24.1 Å². The van der Waals surface area contributed by atoms with Gasteiger partial charge >= 0.3 is 0 Å². The highest BCUT2D eigenvalue weighted by molar-refractivity contribution is 8.01. The summed E-state index contributed by atoms with van der Waals surface area (Å²) in [5, 5.41) is 13.4. The molecule has 0 bridgehead atoms. The molecule has 1 fully saturated rings. The van der Waals surface area contributed by atoms with E-state index in [1.807, 2.05) is 34.6 Å². The average molecular weight is 400 g/mol. The average Bonchev–Trinajstić information content (AvgIpc) is 2.58. The zero-order valence-electron chi connectivity index (χ0n) is 17.8. The fraction of sp³-hybridized carbons (Fsp3) is 0.762. The summed E-state index contributed by atoms with van der Waals surface area (Å²) in [6.07, 6.45) is 3.94. The van der Waals surface area contributed by atoms with E-state index in [1.54, 1.807) is 24.8 Å². The molecule has 27 heavy (non-hydrogen) atoms. The number of aliphatic hydroxyl groups is 1. The second-order valence-corrected chi connectivity index (χ2v) is 10.1. The Bertz CT molecular complexity index is 534. The van der Waals surface area contributed by atoms with Gasteiger partial charge in [0.25, 0.3) is 0 Å². The van der Waals surface area contributed by atoms with Crippen LogP contribution in [0.4, 0.5) is 0 Å². The number of allylic oxidation sites excluding steroid dienone is 1. The highest BCUT2D eigenvalue weighted by Gasteiger charge is 2.34. The molecule has 1 amide bonds. The number of ether oxygens (including phenoxy) is 2. The number of aliphatic hydroxyl groups excluding tert-OH is 1. The van der Waals surface area contributed by atoms with Crippen LogP contribution in [-0.2, 0) is 14.3 Å². The molecule has 2 N–H and O–H groups in total. The zero-order valence-corrected chi connectivity index (χ0v) is 18.6. The molecule has 0 saturated carbocycles. The number of rotatable bonds is 10. The second kappa shape index (κ2) is 10.5. The van der Waals surface area contributed by atoms with Gasteiger partial charge in [-0.25, -0.2) is 0 Å². The maximum absolute atomic E-state index is 12.8. The Morgan fingerprint density at radius 1 is 1.37 bits per heavy atom. The number of carbonyl (C=O) groups is 1. The van der Waals surface area contributed by atoms with Crippen molar-refractivity contribution in [2.45, 2.75) is 76.9 Å². The number of thioether (sulfide) groups is 1. The Labute approximate surface area is 169 Å². The van der Waals surface area contributed by atoms with Gasteiger partial charge in [-0.1, -0.05) is 27.4 Å². The molecule has 0 spiro atoms. The van der Waals surface area contributed by atoms with E-state index in [9.17, 15) is 9.90 Å². The van der Waals surface area contributed by atoms with Gasteiger partial charge in [-0.05, 0) is 46.1 Å². The predicted molar refractivity (Wildman–Crippen MR) is 113 cm³/mol. The summed E-state index contributed by atoms with van der Waals surface area (Å²) < 4.78 is 10.7. The van der Waals surface area contributed by atoms with Crippen LogP contribution in [0.1, 0.15) is 60.8 Å². The van der Waals surface area contributed by atoms with Crippen LogP contribution in [-0.4, -0.2) is 46.9 Å². The summed E-state index contributed by atoms with van der Waals surface area (Å²) in [7, 11) is 0. The summed E-state index contributed by atoms with van der Waals surface area (Å²) in [4.78, 5) is 12.8. The van der Waals surface area contributed by atoms with Crippen LogP contribution in [0.3, 0.4) is 0 Å². The lowest BCUT2D eigenvalue weighted by molar-refractivity contribution is -0.121. The van der Waals surface area contributed by atoms with Crippen molar-refractivity contribution >= 4 is 17.7 Å². The second-order valence-electron chi connectivity index (χ2n) is 8.17. The first-order chi connectivity index (χ1) is 12.5. The van der Waals surface area contributed by atoms with Crippen molar-refractivity contribution in [2.75, 3.05) is 19.8 Å². The summed E-state index contributed by atoms with van der Waals surface area (Å²) in [5.74, 6) is 0.546. The van der Waals surface area contributed by atoms with Crippen molar-refractivity contribution in [3.8, 4) is 0 Å². The minimum atomic E-state index is -0.593. The van der Waals surface area contributed by atoms with Crippen molar-refractivity contribution in [1.82, 2.24) is 5.32 Å². The van der Waals surface area contributed by atoms with Gasteiger partial charge in [-0.2, -0.15) is 0 Å². The molecule has 0 aromatic carbocycles. The highest BCUT2D eigenvalue weighted by Crippen LogP contribution is 2.35. The Morgan fingerprint density at radius 3 is 2.48 bits per heavy atom. The number of hydrogen-bond donors (Lipinski definition) is 2. The van der Waals surface area contributed by atoms with Crippen molar-refractivity contribution in [2.24, 2.45) is 5.41 Å². The minimum Gasteiger partial charge on any atom is -0.497 e. The van der Waals surface area contributed by atoms with Crippen LogP contribution in [0, 0.1) is 5.41 Å². The lowest BCUT2D eigenvalue weighted by atomic mass is 9.84. The topological polar surface area (TPSA) is 67.8 Å². The van der Waals surface area contributed by atoms with Gasteiger partial charge in [0.05, 0.1) is 17.5 Å². The minimum absolute atomic E-state index is 0.0788. The normalized spacial score (nSPS) is 18.1. The maximum Gasteiger partial charge on any atom is 0.240 e. The smallest absolute Gasteiger partial charge is 0.240 e. The van der Waals surface area contributed by atoms with E-state index in [0.717, 1.165) is 32.5 Å². The number of hydrogen-bond acceptors (Lipinski definition) is 5. The van der Waals surface area contributed by atoms with Crippen LogP contribution in [0.5, 0.6) is 0 Å². The molecule has 1 heterocycles. The molecule has 156 valence electrons. The molecule has 0 radical (unpaired) electrons. The van der Waals surface area contributed by atoms with Crippen LogP contribution >= 0.6 is 11.8 Å². The van der Waals surface area contributed by atoms with Crippen LogP contribution < -0.4 is 5.32 Å². The van der Waals surface area contributed by atoms with Crippen LogP contribution in [0.25, 0.3) is 0 Å². The summed E-state index contributed by atoms with van der Waals surface area (Å²) in [5.41, 5.74) is -0.102. The molecule has 1 aliphatic rings. The highest BCUT2D eigenvalue weighted by atomic mass is 32.2. The van der Waals surface area contributed by atoms with Crippen molar-refractivity contribution in [3.63, 3.8) is 0 Å². The quantitative estimate of drug-likeness (QED) is 0.429. The van der Waals surface area contributed by atoms with Crippen molar-refractivity contribution in [1.29, 1.82) is 0 Å². The van der Waals surface area contributed by atoms with Gasteiger partial charge < -0.3 is 19.9 Å². The van der Waals surface area contributed by atoms with Gasteiger partial charge in [0.2, 0.25) is 5.91 Å². The SMILES string of the molecule is C=C(/C=C(\OCCC)C(C)(C)C(C)O)NC(=O)C(C)(C)SC1CCOCC1. The molecule has 1 saturated heterocycles. The lowest BCUT2D eigenvalue weighted by Crippen LogP contribution is -2.41. The van der Waals surface area contributed by atoms with E-state index < -0.39 is 16.3 Å². The fourth-order valence-electron chi connectivity index (χ4n) is 2.59. The summed E-state index contributed by atoms with van der Waals surface area (Å²) in [6.45, 7) is 17.5. The molecule has 5 nitrogen and oxygen atoms in total. The molecular formula is C21H37NO4S. The van der Waals surface area contributed by atoms with E-state index in [2.05, 4.69) is 11.9 Å². The molecule has 0 aromatic heterocycles. The Hall–Kier alpha value is -0.980. The molecular weight excluding hydrogens is 362 g/mol. The largest absolute Gasteiger partial charge is 0.497 e. The standard InChI is InChI=1S/C21H37NO4S/c1-8-11-26-18(20(4,5)16(3)23)14-15(2)22-19(24)21(6,7)27-17-9-12-25-13-10-17/h14,16-17,23H,2,8-13H2,1,3-7H3,(H,22,24)/b18-14-. The monoisotopic (exact) mass is 399 g/mol. The van der Waals surface area contributed by atoms with Gasteiger partial charge in [0, 0.05) is 29.6 Å². The molecule has 1 unspecified atom stereocenters. The first kappa shape index (κ1) is 24.1. The van der Waals surface area contributed by atoms with Crippen molar-refractivity contribution in [3.05, 3.63) is 24.1 Å². The first-order valence-electron chi connectivity index (χ1n) is 9.79. The first-order valence-corrected chi connectivity index (χ1v) is 10.7. The van der Waals surface area contributed by atoms with Gasteiger partial charge in [-0.3, -0.25) is 4.79 Å². The third-order valence-electron chi connectivity index (χ3n) is 4.90. The lowest BCUT2D eigenvalue weighted by Gasteiger charge is -2.32. The third-order valence-corrected chi connectivity index (χ3v) is 6.48. The molecule has 0 aromatic rings. The van der Waals surface area contributed by atoms with Gasteiger partial charge in [0.1, 0.15) is 5.76 Å². The maximum atomic E-state index is 12.8. The van der Waals surface area contributed by atoms with E-state index in [-0.39, 0.29) is 5.91 Å². The van der Waals surface area contributed by atoms with Crippen LogP contribution in [0.2, 0.25) is 0 Å². The van der Waals surface area contributed by atoms with E-state index in [0.29, 0.717) is 23.3 Å². The molecule has 1 rings (SSSR count). The van der Waals surface area contributed by atoms with E-state index in [1.165, 1.54) is 0 Å². The number of amides is 1. The summed E-state index contributed by atoms with van der Waals surface area (Å²) in [6, 6.07) is 0. The number of carbonyl (C=O) groups excluding carboxylic acids is 1. The molecule has 1 atom stereocenters. The van der Waals surface area contributed by atoms with Gasteiger partial charge in [0.15, 0.2) is 0 Å². The molecule has 0 aliphatic carbocycles. The third kappa shape index (κ3) is 7.51. The predicted octanol–water partition coefficient (Wildman–Crippen LogP) is 4.02. The molecule has 1 aliphatic heterocycles. The number of nitrogens with one attached hydrogen (secondary N) is 1. The Morgan fingerprint density at radius 2 is 1.96 bits per heavy atom.